The van der Waals surface area contributed by atoms with E-state index in [0.29, 0.717) is 34.0 Å². The van der Waals surface area contributed by atoms with Crippen molar-refractivity contribution in [2.75, 3.05) is 23.7 Å². The van der Waals surface area contributed by atoms with Crippen molar-refractivity contribution >= 4 is 39.0 Å². The molecule has 0 saturated carbocycles. The molecule has 2 aliphatic heterocycles. The Morgan fingerprint density at radius 2 is 1.80 bits per heavy atom. The number of aromatic nitrogens is 1. The smallest absolute Gasteiger partial charge is 0.235 e. The van der Waals surface area contributed by atoms with E-state index in [1.54, 1.807) is 4.57 Å². The third-order valence-corrected chi connectivity index (χ3v) is 6.95. The predicted molar refractivity (Wildman–Crippen MR) is 100 cm³/mol. The van der Waals surface area contributed by atoms with Crippen molar-refractivity contribution in [2.45, 2.75) is 25.3 Å². The molecule has 0 amide bonds. The maximum absolute atomic E-state index is 12.0. The molecule has 0 radical (unpaired) electrons. The van der Waals surface area contributed by atoms with Crippen molar-refractivity contribution in [3.8, 4) is 11.1 Å². The van der Waals surface area contributed by atoms with Crippen LogP contribution in [0, 0.1) is 0 Å². The second-order valence-corrected chi connectivity index (χ2v) is 8.99. The zero-order chi connectivity index (χ0) is 17.6. The van der Waals surface area contributed by atoms with Gasteiger partial charge in [0.25, 0.3) is 0 Å². The largest absolute Gasteiger partial charge is 0.381 e. The molecule has 0 atom stereocenters. The van der Waals surface area contributed by atoms with Crippen LogP contribution in [-0.4, -0.2) is 32.0 Å². The lowest BCUT2D eigenvalue weighted by molar-refractivity contribution is 0.0853. The lowest BCUT2D eigenvalue weighted by Gasteiger charge is -2.22. The van der Waals surface area contributed by atoms with Gasteiger partial charge in [-0.1, -0.05) is 47.5 Å². The summed E-state index contributed by atoms with van der Waals surface area (Å²) in [4.78, 5) is 0. The summed E-state index contributed by atoms with van der Waals surface area (Å²) < 4.78 is 33.6. The Morgan fingerprint density at radius 3 is 2.48 bits per heavy atom. The number of anilines is 1. The van der Waals surface area contributed by atoms with E-state index in [1.165, 1.54) is 5.56 Å². The second-order valence-electron chi connectivity index (χ2n) is 6.41. The fourth-order valence-corrected chi connectivity index (χ4v) is 5.10. The van der Waals surface area contributed by atoms with E-state index in [-0.39, 0.29) is 5.75 Å². The number of nitrogens with one attached hydrogen (secondary N) is 1. The average molecular weight is 401 g/mol. The Labute approximate surface area is 156 Å². The van der Waals surface area contributed by atoms with Gasteiger partial charge in [0.05, 0.1) is 10.8 Å². The number of hydrogen-bond acceptors (Lipinski definition) is 3. The van der Waals surface area contributed by atoms with Crippen LogP contribution in [0.5, 0.6) is 0 Å². The molecule has 0 aliphatic carbocycles. The highest BCUT2D eigenvalue weighted by Gasteiger charge is 2.29. The van der Waals surface area contributed by atoms with E-state index >= 15 is 0 Å². The van der Waals surface area contributed by atoms with Crippen LogP contribution in [0.2, 0.25) is 10.2 Å². The van der Waals surface area contributed by atoms with E-state index in [4.69, 9.17) is 27.9 Å². The zero-order valence-corrected chi connectivity index (χ0v) is 15.8. The van der Waals surface area contributed by atoms with Crippen molar-refractivity contribution in [3.05, 3.63) is 40.0 Å². The lowest BCUT2D eigenvalue weighted by Crippen LogP contribution is -2.27. The SMILES string of the molecule is O=S1(=O)CCn2c(Cl)c(Cl)c(-c3ccc(C4CCOCC4)cc3)c2N1. The van der Waals surface area contributed by atoms with Crippen LogP contribution in [0.25, 0.3) is 11.1 Å². The minimum absolute atomic E-state index is 0.00709. The van der Waals surface area contributed by atoms with Crippen LogP contribution in [0.1, 0.15) is 24.3 Å². The van der Waals surface area contributed by atoms with Crippen LogP contribution < -0.4 is 4.72 Å². The Bertz CT molecular complexity index is 901. The number of hydrogen-bond donors (Lipinski definition) is 1. The highest BCUT2D eigenvalue weighted by atomic mass is 35.5. The topological polar surface area (TPSA) is 60.3 Å². The van der Waals surface area contributed by atoms with Gasteiger partial charge in [-0.25, -0.2) is 8.42 Å². The highest BCUT2D eigenvalue weighted by molar-refractivity contribution is 7.92. The monoisotopic (exact) mass is 400 g/mol. The van der Waals surface area contributed by atoms with Gasteiger partial charge in [0.15, 0.2) is 0 Å². The summed E-state index contributed by atoms with van der Waals surface area (Å²) in [6.45, 7) is 1.88. The molecule has 4 rings (SSSR count). The number of benzene rings is 1. The standard InChI is InChI=1S/C17H18Cl2N2O3S/c18-15-14(17-20-25(22,23)10-7-21(17)16(15)19)13-3-1-11(2-4-13)12-5-8-24-9-6-12/h1-4,12,20H,5-10H2. The van der Waals surface area contributed by atoms with Crippen LogP contribution in [0.3, 0.4) is 0 Å². The van der Waals surface area contributed by atoms with Crippen LogP contribution in [-0.2, 0) is 21.3 Å². The first-order chi connectivity index (χ1) is 12.0. The van der Waals surface area contributed by atoms with Gasteiger partial charge in [-0.3, -0.25) is 4.72 Å². The summed E-state index contributed by atoms with van der Waals surface area (Å²) in [5.74, 6) is 0.940. The first kappa shape index (κ1) is 17.2. The number of sulfonamides is 1. The maximum atomic E-state index is 12.0. The van der Waals surface area contributed by atoms with Gasteiger partial charge in [-0.2, -0.15) is 0 Å². The molecular weight excluding hydrogens is 383 g/mol. The first-order valence-corrected chi connectivity index (χ1v) is 10.6. The normalized spacial score (nSPS) is 20.1. The summed E-state index contributed by atoms with van der Waals surface area (Å²) in [5.41, 5.74) is 2.75. The van der Waals surface area contributed by atoms with Gasteiger partial charge in [0, 0.05) is 25.3 Å². The molecule has 3 heterocycles. The fourth-order valence-electron chi connectivity index (χ4n) is 3.50. The van der Waals surface area contributed by atoms with E-state index in [9.17, 15) is 8.42 Å². The third-order valence-electron chi connectivity index (χ3n) is 4.87. The number of nitrogens with zero attached hydrogens (tertiary/aromatic N) is 1. The molecule has 0 unspecified atom stereocenters. The average Bonchev–Trinajstić information content (AvgIpc) is 2.85. The Kier molecular flexibility index (Phi) is 4.48. The lowest BCUT2D eigenvalue weighted by atomic mass is 9.90. The summed E-state index contributed by atoms with van der Waals surface area (Å²) in [6.07, 6.45) is 2.04. The van der Waals surface area contributed by atoms with Gasteiger partial charge in [0.1, 0.15) is 11.0 Å². The minimum atomic E-state index is -3.36. The molecule has 1 aromatic carbocycles. The van der Waals surface area contributed by atoms with E-state index < -0.39 is 10.0 Å². The third kappa shape index (κ3) is 3.16. The van der Waals surface area contributed by atoms with Crippen LogP contribution in [0.4, 0.5) is 5.82 Å². The van der Waals surface area contributed by atoms with E-state index in [0.717, 1.165) is 31.6 Å². The molecule has 8 heteroatoms. The quantitative estimate of drug-likeness (QED) is 0.824. The summed E-state index contributed by atoms with van der Waals surface area (Å²) >= 11 is 12.7. The molecule has 25 heavy (non-hydrogen) atoms. The molecule has 0 bridgehead atoms. The Hall–Kier alpha value is -1.21. The van der Waals surface area contributed by atoms with Gasteiger partial charge in [-0.15, -0.1) is 0 Å². The maximum Gasteiger partial charge on any atom is 0.235 e. The number of ether oxygens (including phenoxy) is 1. The molecule has 2 aromatic rings. The number of halogens is 2. The highest BCUT2D eigenvalue weighted by Crippen LogP contribution is 2.44. The summed E-state index contributed by atoms with van der Waals surface area (Å²) in [5, 5.41) is 0.739. The molecule has 1 saturated heterocycles. The van der Waals surface area contributed by atoms with Gasteiger partial charge >= 0.3 is 0 Å². The molecule has 134 valence electrons. The van der Waals surface area contributed by atoms with Crippen molar-refractivity contribution in [3.63, 3.8) is 0 Å². The molecule has 5 nitrogen and oxygen atoms in total. The molecule has 2 aliphatic rings. The molecule has 1 aromatic heterocycles. The van der Waals surface area contributed by atoms with Crippen molar-refractivity contribution in [2.24, 2.45) is 0 Å². The molecule has 1 N–H and O–H groups in total. The van der Waals surface area contributed by atoms with Gasteiger partial charge in [-0.05, 0) is 29.9 Å². The van der Waals surface area contributed by atoms with Crippen LogP contribution in [0.15, 0.2) is 24.3 Å². The minimum Gasteiger partial charge on any atom is -0.381 e. The number of rotatable bonds is 2. The summed E-state index contributed by atoms with van der Waals surface area (Å²) in [6, 6.07) is 8.12. The van der Waals surface area contributed by atoms with E-state index in [1.807, 2.05) is 12.1 Å². The van der Waals surface area contributed by atoms with Crippen molar-refractivity contribution in [1.29, 1.82) is 0 Å². The Morgan fingerprint density at radius 1 is 1.12 bits per heavy atom. The molecule has 1 fully saturated rings. The van der Waals surface area contributed by atoms with Crippen molar-refractivity contribution in [1.82, 2.24) is 4.57 Å². The van der Waals surface area contributed by atoms with Gasteiger partial charge in [0.2, 0.25) is 10.0 Å². The van der Waals surface area contributed by atoms with Gasteiger partial charge < -0.3 is 9.30 Å². The fraction of sp³-hybridized carbons (Fsp3) is 0.412. The number of fused-ring (bicyclic) bond motifs is 1. The van der Waals surface area contributed by atoms with Crippen molar-refractivity contribution < 1.29 is 13.2 Å². The summed E-state index contributed by atoms with van der Waals surface area (Å²) in [7, 11) is -3.36. The molecule has 0 spiro atoms. The zero-order valence-electron chi connectivity index (χ0n) is 13.5. The molecular formula is C17H18Cl2N2O3S. The Balaban J connectivity index is 1.73. The second kappa shape index (κ2) is 6.50. The predicted octanol–water partition coefficient (Wildman–Crippen LogP) is 4.11. The first-order valence-electron chi connectivity index (χ1n) is 8.22. The van der Waals surface area contributed by atoms with Crippen LogP contribution >= 0.6 is 23.2 Å². The van der Waals surface area contributed by atoms with E-state index in [2.05, 4.69) is 16.9 Å².